The second-order valence-corrected chi connectivity index (χ2v) is 6.95. The van der Waals surface area contributed by atoms with Gasteiger partial charge in [-0.15, -0.1) is 11.3 Å². The van der Waals surface area contributed by atoms with Crippen LogP contribution in [-0.2, 0) is 6.54 Å². The van der Waals surface area contributed by atoms with Crippen LogP contribution in [0.15, 0.2) is 52.8 Å². The van der Waals surface area contributed by atoms with Crippen molar-refractivity contribution in [2.24, 2.45) is 0 Å². The van der Waals surface area contributed by atoms with Crippen molar-refractivity contribution in [1.82, 2.24) is 14.9 Å². The fourth-order valence-electron chi connectivity index (χ4n) is 3.05. The van der Waals surface area contributed by atoms with E-state index in [1.807, 2.05) is 5.38 Å². The van der Waals surface area contributed by atoms with Crippen molar-refractivity contribution in [1.29, 1.82) is 0 Å². The van der Waals surface area contributed by atoms with Crippen LogP contribution in [0.2, 0.25) is 0 Å². The first-order valence-electron chi connectivity index (χ1n) is 8.24. The van der Waals surface area contributed by atoms with Gasteiger partial charge in [-0.3, -0.25) is 4.90 Å². The van der Waals surface area contributed by atoms with Gasteiger partial charge in [-0.2, -0.15) is 0 Å². The summed E-state index contributed by atoms with van der Waals surface area (Å²) < 4.78 is 5.02. The standard InChI is InChI=1S/C18H20N4OS/c1-2-4-14(5-3-1)10-22-8-6-15(7-9-22)20-18-21-17(12-24-18)16-11-23-13-19-16/h1-5,11-13,15H,6-10H2,(H,20,21). The highest BCUT2D eigenvalue weighted by molar-refractivity contribution is 7.14. The van der Waals surface area contributed by atoms with Crippen molar-refractivity contribution in [3.63, 3.8) is 0 Å². The molecule has 1 fully saturated rings. The quantitative estimate of drug-likeness (QED) is 0.764. The Labute approximate surface area is 145 Å². The van der Waals surface area contributed by atoms with Crippen LogP contribution in [0.3, 0.4) is 0 Å². The van der Waals surface area contributed by atoms with Crippen molar-refractivity contribution in [2.45, 2.75) is 25.4 Å². The average molecular weight is 340 g/mol. The van der Waals surface area contributed by atoms with Crippen LogP contribution in [-0.4, -0.2) is 34.0 Å². The molecular weight excluding hydrogens is 320 g/mol. The molecule has 0 bridgehead atoms. The molecule has 2 aromatic heterocycles. The zero-order valence-electron chi connectivity index (χ0n) is 13.4. The minimum atomic E-state index is 0.494. The summed E-state index contributed by atoms with van der Waals surface area (Å²) in [5.74, 6) is 0. The number of benzene rings is 1. The average Bonchev–Trinajstić information content (AvgIpc) is 3.29. The van der Waals surface area contributed by atoms with Gasteiger partial charge < -0.3 is 9.73 Å². The predicted octanol–water partition coefficient (Wildman–Crippen LogP) is 3.87. The van der Waals surface area contributed by atoms with Crippen LogP contribution in [0.4, 0.5) is 5.13 Å². The predicted molar refractivity (Wildman–Crippen MR) is 96.0 cm³/mol. The van der Waals surface area contributed by atoms with Gasteiger partial charge in [0, 0.05) is 31.1 Å². The lowest BCUT2D eigenvalue weighted by Gasteiger charge is -2.32. The summed E-state index contributed by atoms with van der Waals surface area (Å²) in [5, 5.41) is 6.56. The first kappa shape index (κ1) is 15.4. The summed E-state index contributed by atoms with van der Waals surface area (Å²) in [6.07, 6.45) is 5.35. The van der Waals surface area contributed by atoms with Gasteiger partial charge in [0.25, 0.3) is 0 Å². The molecule has 1 aliphatic rings. The smallest absolute Gasteiger partial charge is 0.183 e. The van der Waals surface area contributed by atoms with E-state index in [9.17, 15) is 0 Å². The Bertz CT molecular complexity index is 748. The van der Waals surface area contributed by atoms with Crippen LogP contribution >= 0.6 is 11.3 Å². The van der Waals surface area contributed by atoms with E-state index in [-0.39, 0.29) is 0 Å². The lowest BCUT2D eigenvalue weighted by molar-refractivity contribution is 0.211. The number of oxazole rings is 1. The number of hydrogen-bond acceptors (Lipinski definition) is 6. The number of aromatic nitrogens is 2. The molecule has 0 saturated carbocycles. The van der Waals surface area contributed by atoms with Crippen molar-refractivity contribution in [3.05, 3.63) is 53.9 Å². The number of nitrogens with zero attached hydrogens (tertiary/aromatic N) is 3. The lowest BCUT2D eigenvalue weighted by atomic mass is 10.0. The van der Waals surface area contributed by atoms with Crippen LogP contribution in [0.1, 0.15) is 18.4 Å². The van der Waals surface area contributed by atoms with Gasteiger partial charge in [0.1, 0.15) is 17.7 Å². The first-order chi connectivity index (χ1) is 11.9. The molecule has 3 aromatic rings. The Morgan fingerprint density at radius 3 is 2.75 bits per heavy atom. The third-order valence-electron chi connectivity index (χ3n) is 4.36. The second kappa shape index (κ2) is 7.15. The van der Waals surface area contributed by atoms with E-state index >= 15 is 0 Å². The normalized spacial score (nSPS) is 16.3. The molecule has 1 aromatic carbocycles. The number of nitrogens with one attached hydrogen (secondary N) is 1. The van der Waals surface area contributed by atoms with E-state index in [1.54, 1.807) is 17.6 Å². The Kier molecular flexibility index (Phi) is 4.57. The van der Waals surface area contributed by atoms with Gasteiger partial charge in [-0.05, 0) is 18.4 Å². The Balaban J connectivity index is 1.29. The number of thiazole rings is 1. The van der Waals surface area contributed by atoms with Crippen LogP contribution in [0.25, 0.3) is 11.4 Å². The molecule has 4 rings (SSSR count). The number of anilines is 1. The molecule has 0 radical (unpaired) electrons. The fourth-order valence-corrected chi connectivity index (χ4v) is 3.83. The number of likely N-dealkylation sites (tertiary alicyclic amines) is 1. The summed E-state index contributed by atoms with van der Waals surface area (Å²) >= 11 is 1.63. The van der Waals surface area contributed by atoms with Crippen LogP contribution in [0.5, 0.6) is 0 Å². The monoisotopic (exact) mass is 340 g/mol. The molecule has 1 saturated heterocycles. The summed E-state index contributed by atoms with van der Waals surface area (Å²) in [4.78, 5) is 11.3. The largest absolute Gasteiger partial charge is 0.451 e. The maximum Gasteiger partial charge on any atom is 0.183 e. The summed E-state index contributed by atoms with van der Waals surface area (Å²) in [5.41, 5.74) is 3.05. The molecule has 124 valence electrons. The molecule has 0 aliphatic carbocycles. The van der Waals surface area contributed by atoms with Crippen molar-refractivity contribution in [3.8, 4) is 11.4 Å². The maximum atomic E-state index is 5.02. The molecule has 1 N–H and O–H groups in total. The van der Waals surface area contributed by atoms with Crippen LogP contribution < -0.4 is 5.32 Å². The molecule has 0 amide bonds. The van der Waals surface area contributed by atoms with Gasteiger partial charge in [-0.25, -0.2) is 9.97 Å². The number of piperidine rings is 1. The molecule has 6 heteroatoms. The molecule has 0 atom stereocenters. The molecular formula is C18H20N4OS. The van der Waals surface area contributed by atoms with Gasteiger partial charge >= 0.3 is 0 Å². The minimum absolute atomic E-state index is 0.494. The van der Waals surface area contributed by atoms with Gasteiger partial charge in [0.2, 0.25) is 0 Å². The van der Waals surface area contributed by atoms with Crippen molar-refractivity contribution < 1.29 is 4.42 Å². The molecule has 0 spiro atoms. The van der Waals surface area contributed by atoms with Crippen LogP contribution in [0, 0.1) is 0 Å². The summed E-state index contributed by atoms with van der Waals surface area (Å²) in [7, 11) is 0. The Morgan fingerprint density at radius 2 is 2.00 bits per heavy atom. The van der Waals surface area contributed by atoms with Gasteiger partial charge in [0.05, 0.1) is 0 Å². The highest BCUT2D eigenvalue weighted by Gasteiger charge is 2.20. The Hall–Kier alpha value is -2.18. The highest BCUT2D eigenvalue weighted by Crippen LogP contribution is 2.25. The molecule has 3 heterocycles. The molecule has 1 aliphatic heterocycles. The van der Waals surface area contributed by atoms with E-state index in [0.29, 0.717) is 6.04 Å². The molecule has 24 heavy (non-hydrogen) atoms. The zero-order chi connectivity index (χ0) is 16.2. The fraction of sp³-hybridized carbons (Fsp3) is 0.333. The third-order valence-corrected chi connectivity index (χ3v) is 5.14. The van der Waals surface area contributed by atoms with Crippen molar-refractivity contribution in [2.75, 3.05) is 18.4 Å². The highest BCUT2D eigenvalue weighted by atomic mass is 32.1. The summed E-state index contributed by atoms with van der Waals surface area (Å²) in [6.45, 7) is 3.28. The maximum absolute atomic E-state index is 5.02. The lowest BCUT2D eigenvalue weighted by Crippen LogP contribution is -2.38. The summed E-state index contributed by atoms with van der Waals surface area (Å²) in [6, 6.07) is 11.2. The molecule has 0 unspecified atom stereocenters. The minimum Gasteiger partial charge on any atom is -0.451 e. The van der Waals surface area contributed by atoms with Gasteiger partial charge in [0.15, 0.2) is 11.5 Å². The topological polar surface area (TPSA) is 54.2 Å². The van der Waals surface area contributed by atoms with Gasteiger partial charge in [-0.1, -0.05) is 30.3 Å². The zero-order valence-corrected chi connectivity index (χ0v) is 14.2. The Morgan fingerprint density at radius 1 is 1.17 bits per heavy atom. The molecule has 5 nitrogen and oxygen atoms in total. The number of hydrogen-bond donors (Lipinski definition) is 1. The van der Waals surface area contributed by atoms with E-state index in [4.69, 9.17) is 4.42 Å². The third kappa shape index (κ3) is 3.66. The first-order valence-corrected chi connectivity index (χ1v) is 9.12. The van der Waals surface area contributed by atoms with E-state index in [2.05, 4.69) is 50.5 Å². The van der Waals surface area contributed by atoms with Crippen molar-refractivity contribution >= 4 is 16.5 Å². The second-order valence-electron chi connectivity index (χ2n) is 6.09. The van der Waals surface area contributed by atoms with E-state index in [0.717, 1.165) is 49.0 Å². The number of rotatable bonds is 5. The SMILES string of the molecule is c1ccc(CN2CCC(Nc3nc(-c4cocn4)cs3)CC2)cc1. The van der Waals surface area contributed by atoms with E-state index in [1.165, 1.54) is 12.0 Å². The van der Waals surface area contributed by atoms with E-state index < -0.39 is 0 Å².